The molecule has 0 aromatic carbocycles. The van der Waals surface area contributed by atoms with E-state index >= 15 is 0 Å². The molecule has 0 aliphatic carbocycles. The summed E-state index contributed by atoms with van der Waals surface area (Å²) in [6, 6.07) is -0.730. The molecule has 1 N–H and O–H groups in total. The second kappa shape index (κ2) is 7.48. The molecule has 1 aliphatic heterocycles. The molecule has 0 radical (unpaired) electrons. The summed E-state index contributed by atoms with van der Waals surface area (Å²) in [5.74, 6) is 0.189. The number of nitrogens with zero attached hydrogens (tertiary/aromatic N) is 1. The number of amides is 2. The Hall–Kier alpha value is -1.10. The van der Waals surface area contributed by atoms with Gasteiger partial charge in [-0.3, -0.25) is 9.59 Å². The van der Waals surface area contributed by atoms with E-state index in [1.54, 1.807) is 18.9 Å². The Morgan fingerprint density at radius 2 is 2.05 bits per heavy atom. The minimum Gasteiger partial charge on any atom is -0.385 e. The van der Waals surface area contributed by atoms with Gasteiger partial charge in [0.2, 0.25) is 11.8 Å². The van der Waals surface area contributed by atoms with Crippen molar-refractivity contribution in [2.45, 2.75) is 52.1 Å². The van der Waals surface area contributed by atoms with E-state index in [1.165, 1.54) is 0 Å². The van der Waals surface area contributed by atoms with Gasteiger partial charge in [0.05, 0.1) is 0 Å². The van der Waals surface area contributed by atoms with Gasteiger partial charge in [-0.2, -0.15) is 0 Å². The van der Waals surface area contributed by atoms with Gasteiger partial charge in [-0.05, 0) is 25.7 Å². The average molecular weight is 270 g/mol. The van der Waals surface area contributed by atoms with Crippen molar-refractivity contribution in [1.29, 1.82) is 0 Å². The lowest BCUT2D eigenvalue weighted by Crippen LogP contribution is -2.64. The van der Waals surface area contributed by atoms with E-state index in [-0.39, 0.29) is 23.8 Å². The number of hydrogen-bond donors (Lipinski definition) is 1. The van der Waals surface area contributed by atoms with Crippen LogP contribution in [0.15, 0.2) is 0 Å². The van der Waals surface area contributed by atoms with Crippen LogP contribution < -0.4 is 5.32 Å². The van der Waals surface area contributed by atoms with E-state index in [9.17, 15) is 9.59 Å². The molecule has 3 atom stereocenters. The van der Waals surface area contributed by atoms with Gasteiger partial charge >= 0.3 is 0 Å². The second-order valence-corrected chi connectivity index (χ2v) is 5.29. The molecule has 2 amide bonds. The van der Waals surface area contributed by atoms with Gasteiger partial charge in [-0.1, -0.05) is 20.3 Å². The standard InChI is InChI=1S/C14H26N2O3/c1-5-10(2)12-13(17)15-11(3)14(18)16(12)8-6-7-9-19-4/h10-12H,5-9H2,1-4H3,(H,15,17). The van der Waals surface area contributed by atoms with Gasteiger partial charge in [0.1, 0.15) is 12.1 Å². The van der Waals surface area contributed by atoms with E-state index in [0.29, 0.717) is 13.2 Å². The Balaban J connectivity index is 2.72. The van der Waals surface area contributed by atoms with Crippen LogP contribution in [0.1, 0.15) is 40.0 Å². The van der Waals surface area contributed by atoms with Crippen molar-refractivity contribution in [3.8, 4) is 0 Å². The lowest BCUT2D eigenvalue weighted by molar-refractivity contribution is -0.151. The Bertz CT molecular complexity index is 320. The van der Waals surface area contributed by atoms with E-state index in [2.05, 4.69) is 5.32 Å². The molecule has 5 heteroatoms. The van der Waals surface area contributed by atoms with Crippen molar-refractivity contribution in [3.05, 3.63) is 0 Å². The van der Waals surface area contributed by atoms with Crippen molar-refractivity contribution in [2.75, 3.05) is 20.3 Å². The van der Waals surface area contributed by atoms with Crippen LogP contribution in [0.3, 0.4) is 0 Å². The molecule has 5 nitrogen and oxygen atoms in total. The number of piperazine rings is 1. The summed E-state index contributed by atoms with van der Waals surface area (Å²) in [5.41, 5.74) is 0. The van der Waals surface area contributed by atoms with E-state index in [4.69, 9.17) is 4.74 Å². The summed E-state index contributed by atoms with van der Waals surface area (Å²) in [6.45, 7) is 7.14. The van der Waals surface area contributed by atoms with Crippen LogP contribution in [0, 0.1) is 5.92 Å². The molecule has 0 aromatic rings. The molecule has 0 spiro atoms. The first-order valence-corrected chi connectivity index (χ1v) is 7.12. The Morgan fingerprint density at radius 3 is 2.63 bits per heavy atom. The predicted octanol–water partition coefficient (Wildman–Crippen LogP) is 1.17. The topological polar surface area (TPSA) is 58.6 Å². The summed E-state index contributed by atoms with van der Waals surface area (Å²) in [6.07, 6.45) is 2.66. The molecule has 3 unspecified atom stereocenters. The quantitative estimate of drug-likeness (QED) is 0.707. The number of hydrogen-bond acceptors (Lipinski definition) is 3. The zero-order valence-electron chi connectivity index (χ0n) is 12.4. The molecular weight excluding hydrogens is 244 g/mol. The lowest BCUT2D eigenvalue weighted by atomic mass is 9.93. The third-order valence-corrected chi connectivity index (χ3v) is 3.80. The van der Waals surface area contributed by atoms with Gasteiger partial charge in [0.15, 0.2) is 0 Å². The molecule has 1 saturated heterocycles. The number of nitrogens with one attached hydrogen (secondary N) is 1. The molecule has 0 saturated carbocycles. The first kappa shape index (κ1) is 16.0. The van der Waals surface area contributed by atoms with Gasteiger partial charge in [0.25, 0.3) is 0 Å². The molecule has 1 heterocycles. The SMILES string of the molecule is CCC(C)C1C(=O)NC(C)C(=O)N1CCCCOC. The largest absolute Gasteiger partial charge is 0.385 e. The Labute approximate surface area is 115 Å². The Kier molecular flexibility index (Phi) is 6.28. The third kappa shape index (κ3) is 3.93. The molecule has 0 aromatic heterocycles. The van der Waals surface area contributed by atoms with Gasteiger partial charge in [0, 0.05) is 20.3 Å². The van der Waals surface area contributed by atoms with Gasteiger partial charge < -0.3 is 15.0 Å². The highest BCUT2D eigenvalue weighted by atomic mass is 16.5. The van der Waals surface area contributed by atoms with Crippen molar-refractivity contribution >= 4 is 11.8 Å². The normalized spacial score (nSPS) is 25.4. The summed E-state index contributed by atoms with van der Waals surface area (Å²) in [4.78, 5) is 26.1. The van der Waals surface area contributed by atoms with Crippen LogP contribution in [-0.2, 0) is 14.3 Å². The zero-order chi connectivity index (χ0) is 14.4. The number of carbonyl (C=O) groups is 2. The van der Waals surface area contributed by atoms with Crippen molar-refractivity contribution in [1.82, 2.24) is 10.2 Å². The third-order valence-electron chi connectivity index (χ3n) is 3.80. The van der Waals surface area contributed by atoms with Crippen molar-refractivity contribution in [3.63, 3.8) is 0 Å². The van der Waals surface area contributed by atoms with Crippen LogP contribution >= 0.6 is 0 Å². The van der Waals surface area contributed by atoms with E-state index in [0.717, 1.165) is 19.3 Å². The fraction of sp³-hybridized carbons (Fsp3) is 0.857. The number of rotatable bonds is 7. The molecule has 0 bridgehead atoms. The van der Waals surface area contributed by atoms with E-state index < -0.39 is 6.04 Å². The summed E-state index contributed by atoms with van der Waals surface area (Å²) in [5, 5.41) is 2.77. The number of methoxy groups -OCH3 is 1. The molecular formula is C14H26N2O3. The van der Waals surface area contributed by atoms with Crippen LogP contribution in [0.25, 0.3) is 0 Å². The van der Waals surface area contributed by atoms with Gasteiger partial charge in [-0.25, -0.2) is 0 Å². The summed E-state index contributed by atoms with van der Waals surface area (Å²) < 4.78 is 5.01. The maximum Gasteiger partial charge on any atom is 0.245 e. The van der Waals surface area contributed by atoms with Crippen LogP contribution in [-0.4, -0.2) is 49.1 Å². The summed E-state index contributed by atoms with van der Waals surface area (Å²) in [7, 11) is 1.67. The minimum absolute atomic E-state index is 0.0202. The highest BCUT2D eigenvalue weighted by Gasteiger charge is 2.40. The number of ether oxygens (including phenoxy) is 1. The molecule has 19 heavy (non-hydrogen) atoms. The maximum atomic E-state index is 12.2. The smallest absolute Gasteiger partial charge is 0.245 e. The predicted molar refractivity (Wildman–Crippen MR) is 73.7 cm³/mol. The number of carbonyl (C=O) groups excluding carboxylic acids is 2. The first-order chi connectivity index (χ1) is 9.02. The second-order valence-electron chi connectivity index (χ2n) is 5.29. The highest BCUT2D eigenvalue weighted by molar-refractivity contribution is 5.96. The first-order valence-electron chi connectivity index (χ1n) is 7.12. The summed E-state index contributed by atoms with van der Waals surface area (Å²) >= 11 is 0. The fourth-order valence-electron chi connectivity index (χ4n) is 2.45. The fourth-order valence-corrected chi connectivity index (χ4v) is 2.45. The maximum absolute atomic E-state index is 12.2. The molecule has 110 valence electrons. The lowest BCUT2D eigenvalue weighted by Gasteiger charge is -2.40. The molecule has 1 aliphatic rings. The van der Waals surface area contributed by atoms with E-state index in [1.807, 2.05) is 13.8 Å². The minimum atomic E-state index is -0.407. The highest BCUT2D eigenvalue weighted by Crippen LogP contribution is 2.20. The zero-order valence-corrected chi connectivity index (χ0v) is 12.4. The number of unbranched alkanes of at least 4 members (excludes halogenated alkanes) is 1. The van der Waals surface area contributed by atoms with Crippen molar-refractivity contribution in [2.24, 2.45) is 5.92 Å². The van der Waals surface area contributed by atoms with Crippen LogP contribution in [0.2, 0.25) is 0 Å². The molecule has 1 fully saturated rings. The average Bonchev–Trinajstić information content (AvgIpc) is 2.39. The monoisotopic (exact) mass is 270 g/mol. The van der Waals surface area contributed by atoms with Gasteiger partial charge in [-0.15, -0.1) is 0 Å². The van der Waals surface area contributed by atoms with Crippen LogP contribution in [0.5, 0.6) is 0 Å². The Morgan fingerprint density at radius 1 is 1.37 bits per heavy atom. The molecule has 1 rings (SSSR count). The van der Waals surface area contributed by atoms with Crippen molar-refractivity contribution < 1.29 is 14.3 Å². The van der Waals surface area contributed by atoms with Crippen LogP contribution in [0.4, 0.5) is 0 Å².